The van der Waals surface area contributed by atoms with Gasteiger partial charge in [-0.3, -0.25) is 4.68 Å². The third-order valence-electron chi connectivity index (χ3n) is 2.48. The molecule has 2 aromatic rings. The Morgan fingerprint density at radius 1 is 1.62 bits per heavy atom. The van der Waals surface area contributed by atoms with Gasteiger partial charge in [0.2, 0.25) is 0 Å². The molecule has 1 unspecified atom stereocenters. The SMILES string of the molecule is CNC(Cc1cnn(C)c1)c1cc(Br)cs1. The lowest BCUT2D eigenvalue weighted by Gasteiger charge is -2.12. The molecule has 0 aromatic carbocycles. The van der Waals surface area contributed by atoms with E-state index in [1.165, 1.54) is 10.4 Å². The molecule has 0 spiro atoms. The van der Waals surface area contributed by atoms with E-state index >= 15 is 0 Å². The van der Waals surface area contributed by atoms with E-state index in [4.69, 9.17) is 0 Å². The number of likely N-dealkylation sites (N-methyl/N-ethyl adjacent to an activating group) is 1. The van der Waals surface area contributed by atoms with Crippen LogP contribution in [-0.4, -0.2) is 16.8 Å². The molecule has 1 atom stereocenters. The van der Waals surface area contributed by atoms with Gasteiger partial charge in [0, 0.05) is 34.0 Å². The minimum absolute atomic E-state index is 0.362. The summed E-state index contributed by atoms with van der Waals surface area (Å²) in [6, 6.07) is 2.53. The average molecular weight is 300 g/mol. The van der Waals surface area contributed by atoms with Crippen LogP contribution in [-0.2, 0) is 13.5 Å². The van der Waals surface area contributed by atoms with Gasteiger partial charge in [0.25, 0.3) is 0 Å². The normalized spacial score (nSPS) is 12.9. The fourth-order valence-electron chi connectivity index (χ4n) is 1.67. The molecule has 0 saturated carbocycles. The van der Waals surface area contributed by atoms with E-state index in [0.29, 0.717) is 6.04 Å². The zero-order valence-corrected chi connectivity index (χ0v) is 11.7. The first kappa shape index (κ1) is 11.8. The quantitative estimate of drug-likeness (QED) is 0.941. The first-order valence-electron chi connectivity index (χ1n) is 5.07. The van der Waals surface area contributed by atoms with Crippen molar-refractivity contribution in [3.8, 4) is 0 Å². The van der Waals surface area contributed by atoms with Crippen LogP contribution in [0.15, 0.2) is 28.3 Å². The van der Waals surface area contributed by atoms with Crippen molar-refractivity contribution in [2.24, 2.45) is 7.05 Å². The minimum atomic E-state index is 0.362. The molecule has 2 rings (SSSR count). The predicted molar refractivity (Wildman–Crippen MR) is 70.7 cm³/mol. The Kier molecular flexibility index (Phi) is 3.78. The molecule has 0 saturated heterocycles. The van der Waals surface area contributed by atoms with Crippen molar-refractivity contribution in [1.29, 1.82) is 0 Å². The Morgan fingerprint density at radius 3 is 2.94 bits per heavy atom. The molecule has 2 aromatic heterocycles. The van der Waals surface area contributed by atoms with Crippen molar-refractivity contribution in [3.63, 3.8) is 0 Å². The molecule has 86 valence electrons. The number of thiophene rings is 1. The molecule has 0 aliphatic rings. The number of hydrogen-bond donors (Lipinski definition) is 1. The van der Waals surface area contributed by atoms with Crippen LogP contribution in [0.3, 0.4) is 0 Å². The molecule has 0 bridgehead atoms. The van der Waals surface area contributed by atoms with Crippen molar-refractivity contribution in [3.05, 3.63) is 38.8 Å². The number of nitrogens with zero attached hydrogens (tertiary/aromatic N) is 2. The largest absolute Gasteiger partial charge is 0.312 e. The molecule has 2 heterocycles. The Balaban J connectivity index is 2.12. The first-order chi connectivity index (χ1) is 7.69. The van der Waals surface area contributed by atoms with Crippen molar-refractivity contribution < 1.29 is 0 Å². The predicted octanol–water partition coefficient (Wildman–Crippen LogP) is 2.75. The summed E-state index contributed by atoms with van der Waals surface area (Å²) in [5, 5.41) is 9.64. The zero-order valence-electron chi connectivity index (χ0n) is 9.27. The molecular weight excluding hydrogens is 286 g/mol. The van der Waals surface area contributed by atoms with Crippen LogP contribution in [0, 0.1) is 0 Å². The summed E-state index contributed by atoms with van der Waals surface area (Å²) >= 11 is 5.26. The number of rotatable bonds is 4. The fourth-order valence-corrected chi connectivity index (χ4v) is 3.22. The van der Waals surface area contributed by atoms with Gasteiger partial charge in [0.1, 0.15) is 0 Å². The summed E-state index contributed by atoms with van der Waals surface area (Å²) in [7, 11) is 3.94. The second-order valence-electron chi connectivity index (χ2n) is 3.73. The number of hydrogen-bond acceptors (Lipinski definition) is 3. The lowest BCUT2D eigenvalue weighted by atomic mass is 10.1. The van der Waals surface area contributed by atoms with Crippen molar-refractivity contribution in [2.45, 2.75) is 12.5 Å². The molecule has 5 heteroatoms. The first-order valence-corrected chi connectivity index (χ1v) is 6.75. The second-order valence-corrected chi connectivity index (χ2v) is 5.59. The van der Waals surface area contributed by atoms with Gasteiger partial charge < -0.3 is 5.32 Å². The maximum atomic E-state index is 4.19. The van der Waals surface area contributed by atoms with Crippen LogP contribution in [0.2, 0.25) is 0 Å². The molecular formula is C11H14BrN3S. The van der Waals surface area contributed by atoms with Crippen molar-refractivity contribution in [1.82, 2.24) is 15.1 Å². The maximum absolute atomic E-state index is 4.19. The maximum Gasteiger partial charge on any atom is 0.0522 e. The number of halogens is 1. The Labute approximate surface area is 108 Å². The van der Waals surface area contributed by atoms with Gasteiger partial charge in [-0.2, -0.15) is 5.10 Å². The zero-order chi connectivity index (χ0) is 11.5. The highest BCUT2D eigenvalue weighted by Gasteiger charge is 2.13. The van der Waals surface area contributed by atoms with Crippen molar-refractivity contribution in [2.75, 3.05) is 7.05 Å². The van der Waals surface area contributed by atoms with Crippen LogP contribution < -0.4 is 5.32 Å². The summed E-state index contributed by atoms with van der Waals surface area (Å²) in [5.74, 6) is 0. The summed E-state index contributed by atoms with van der Waals surface area (Å²) in [4.78, 5) is 1.35. The Bertz CT molecular complexity index is 463. The molecule has 16 heavy (non-hydrogen) atoms. The summed E-state index contributed by atoms with van der Waals surface area (Å²) in [6.07, 6.45) is 4.96. The molecule has 0 aliphatic carbocycles. The van der Waals surface area contributed by atoms with Gasteiger partial charge in [-0.25, -0.2) is 0 Å². The van der Waals surface area contributed by atoms with Crippen LogP contribution in [0.25, 0.3) is 0 Å². The topological polar surface area (TPSA) is 29.9 Å². The number of aryl methyl sites for hydroxylation is 1. The van der Waals surface area contributed by atoms with Gasteiger partial charge in [0.05, 0.1) is 6.20 Å². The molecule has 1 N–H and O–H groups in total. The highest BCUT2D eigenvalue weighted by Crippen LogP contribution is 2.27. The van der Waals surface area contributed by atoms with E-state index in [1.807, 2.05) is 25.0 Å². The van der Waals surface area contributed by atoms with Gasteiger partial charge in [0.15, 0.2) is 0 Å². The number of nitrogens with one attached hydrogen (secondary N) is 1. The smallest absolute Gasteiger partial charge is 0.0522 e. The van der Waals surface area contributed by atoms with Gasteiger partial charge in [-0.05, 0) is 41.0 Å². The molecule has 0 fully saturated rings. The minimum Gasteiger partial charge on any atom is -0.312 e. The standard InChI is InChI=1S/C11H14BrN3S/c1-13-10(11-4-9(12)7-16-11)3-8-5-14-15(2)6-8/h4-7,10,13H,3H2,1-2H3. The monoisotopic (exact) mass is 299 g/mol. The fraction of sp³-hybridized carbons (Fsp3) is 0.364. The lowest BCUT2D eigenvalue weighted by molar-refractivity contribution is 0.601. The summed E-state index contributed by atoms with van der Waals surface area (Å²) < 4.78 is 2.99. The van der Waals surface area contributed by atoms with Gasteiger partial charge in [-0.1, -0.05) is 0 Å². The highest BCUT2D eigenvalue weighted by atomic mass is 79.9. The van der Waals surface area contributed by atoms with E-state index in [0.717, 1.165) is 10.9 Å². The highest BCUT2D eigenvalue weighted by molar-refractivity contribution is 9.10. The van der Waals surface area contributed by atoms with E-state index in [-0.39, 0.29) is 0 Å². The third-order valence-corrected chi connectivity index (χ3v) is 4.29. The third kappa shape index (κ3) is 2.72. The molecule has 0 amide bonds. The van der Waals surface area contributed by atoms with Crippen molar-refractivity contribution >= 4 is 27.3 Å². The number of aromatic nitrogens is 2. The Morgan fingerprint density at radius 2 is 2.44 bits per heavy atom. The van der Waals surface area contributed by atoms with Gasteiger partial charge in [-0.15, -0.1) is 11.3 Å². The molecule has 0 radical (unpaired) electrons. The molecule has 0 aliphatic heterocycles. The van der Waals surface area contributed by atoms with Crippen LogP contribution in [0.1, 0.15) is 16.5 Å². The van der Waals surface area contributed by atoms with E-state index in [2.05, 4.69) is 44.0 Å². The van der Waals surface area contributed by atoms with Crippen LogP contribution in [0.5, 0.6) is 0 Å². The van der Waals surface area contributed by atoms with Crippen LogP contribution >= 0.6 is 27.3 Å². The van der Waals surface area contributed by atoms with Crippen LogP contribution in [0.4, 0.5) is 0 Å². The van der Waals surface area contributed by atoms with E-state index in [9.17, 15) is 0 Å². The lowest BCUT2D eigenvalue weighted by Crippen LogP contribution is -2.17. The summed E-state index contributed by atoms with van der Waals surface area (Å²) in [5.41, 5.74) is 1.26. The molecule has 3 nitrogen and oxygen atoms in total. The summed E-state index contributed by atoms with van der Waals surface area (Å²) in [6.45, 7) is 0. The van der Waals surface area contributed by atoms with E-state index in [1.54, 1.807) is 11.3 Å². The average Bonchev–Trinajstić information content (AvgIpc) is 2.84. The Hall–Kier alpha value is -0.650. The van der Waals surface area contributed by atoms with E-state index < -0.39 is 0 Å². The van der Waals surface area contributed by atoms with Gasteiger partial charge >= 0.3 is 0 Å². The second kappa shape index (κ2) is 5.12.